The van der Waals surface area contributed by atoms with Crippen LogP contribution in [0.15, 0.2) is 102 Å². The molecule has 0 amide bonds. The monoisotopic (exact) mass is 396 g/mol. The number of aromatic nitrogens is 2. The molecule has 1 aromatic heterocycles. The summed E-state index contributed by atoms with van der Waals surface area (Å²) in [7, 11) is 0. The number of hydrogen-bond acceptors (Lipinski definition) is 4. The molecule has 4 aromatic rings. The van der Waals surface area contributed by atoms with Crippen molar-refractivity contribution in [2.45, 2.75) is 6.42 Å². The van der Waals surface area contributed by atoms with Gasteiger partial charge in [-0.15, -0.1) is 0 Å². The molecule has 29 heavy (non-hydrogen) atoms. The molecule has 4 nitrogen and oxygen atoms in total. The summed E-state index contributed by atoms with van der Waals surface area (Å²) in [5.41, 5.74) is 6.72. The van der Waals surface area contributed by atoms with Crippen molar-refractivity contribution in [2.24, 2.45) is 4.40 Å². The van der Waals surface area contributed by atoms with Gasteiger partial charge >= 0.3 is 0 Å². The van der Waals surface area contributed by atoms with E-state index >= 15 is 0 Å². The molecule has 2 heterocycles. The summed E-state index contributed by atoms with van der Waals surface area (Å²) in [5.74, 6) is 1.06. The molecule has 0 N–H and O–H groups in total. The maximum Gasteiger partial charge on any atom is 0.0666 e. The second-order valence-electron chi connectivity index (χ2n) is 6.81. The molecule has 1 aliphatic rings. The van der Waals surface area contributed by atoms with E-state index in [1.54, 1.807) is 18.1 Å². The second-order valence-corrected chi connectivity index (χ2v) is 7.66. The maximum absolute atomic E-state index is 4.60. The Labute approximate surface area is 174 Å². The van der Waals surface area contributed by atoms with E-state index in [9.17, 15) is 0 Å². The van der Waals surface area contributed by atoms with Gasteiger partial charge in [0, 0.05) is 41.6 Å². The highest BCUT2D eigenvalue weighted by atomic mass is 32.2. The van der Waals surface area contributed by atoms with Crippen LogP contribution in [0.25, 0.3) is 5.69 Å². The fourth-order valence-corrected chi connectivity index (χ4v) is 4.28. The van der Waals surface area contributed by atoms with Gasteiger partial charge in [0.05, 0.1) is 11.4 Å². The summed E-state index contributed by atoms with van der Waals surface area (Å²) in [6.45, 7) is 0. The van der Waals surface area contributed by atoms with E-state index in [0.717, 1.165) is 34.9 Å². The molecule has 5 rings (SSSR count). The first-order valence-electron chi connectivity index (χ1n) is 9.63. The lowest BCUT2D eigenvalue weighted by Crippen LogP contribution is -2.11. The van der Waals surface area contributed by atoms with Crippen LogP contribution in [0.2, 0.25) is 0 Å². The van der Waals surface area contributed by atoms with E-state index < -0.39 is 0 Å². The van der Waals surface area contributed by atoms with E-state index in [4.69, 9.17) is 0 Å². The fraction of sp³-hybridized carbons (Fsp3) is 0.0833. The SMILES string of the molecule is c1ccc(N(c2cccc(C3=NSCC3)c2)c2cccc(-n3cccn3)c2)cc1. The Balaban J connectivity index is 1.62. The topological polar surface area (TPSA) is 33.4 Å². The van der Waals surface area contributed by atoms with Gasteiger partial charge in [0.25, 0.3) is 0 Å². The average Bonchev–Trinajstić information content (AvgIpc) is 3.50. The molecule has 142 valence electrons. The number of hydrogen-bond donors (Lipinski definition) is 0. The molecule has 0 fully saturated rings. The third kappa shape index (κ3) is 3.69. The minimum atomic E-state index is 1.02. The van der Waals surface area contributed by atoms with Crippen molar-refractivity contribution in [1.29, 1.82) is 0 Å². The lowest BCUT2D eigenvalue weighted by Gasteiger charge is -2.26. The van der Waals surface area contributed by atoms with E-state index in [-0.39, 0.29) is 0 Å². The van der Waals surface area contributed by atoms with Crippen molar-refractivity contribution in [3.05, 3.63) is 103 Å². The Morgan fingerprint density at radius 2 is 1.59 bits per heavy atom. The molecule has 0 atom stereocenters. The molecule has 5 heteroatoms. The summed E-state index contributed by atoms with van der Waals surface area (Å²) in [4.78, 5) is 2.28. The van der Waals surface area contributed by atoms with Gasteiger partial charge in [0.15, 0.2) is 0 Å². The van der Waals surface area contributed by atoms with Crippen LogP contribution in [0.3, 0.4) is 0 Å². The first-order chi connectivity index (χ1) is 14.4. The molecule has 0 saturated carbocycles. The summed E-state index contributed by atoms with van der Waals surface area (Å²) < 4.78 is 6.49. The predicted molar refractivity (Wildman–Crippen MR) is 122 cm³/mol. The third-order valence-electron chi connectivity index (χ3n) is 4.91. The smallest absolute Gasteiger partial charge is 0.0666 e. The van der Waals surface area contributed by atoms with E-state index in [0.29, 0.717) is 0 Å². The largest absolute Gasteiger partial charge is 0.310 e. The van der Waals surface area contributed by atoms with Crippen molar-refractivity contribution in [3.8, 4) is 5.69 Å². The van der Waals surface area contributed by atoms with Crippen LogP contribution in [-0.2, 0) is 0 Å². The summed E-state index contributed by atoms with van der Waals surface area (Å²) >= 11 is 1.65. The molecule has 0 aliphatic carbocycles. The highest BCUT2D eigenvalue weighted by Crippen LogP contribution is 2.36. The minimum absolute atomic E-state index is 1.02. The van der Waals surface area contributed by atoms with Gasteiger partial charge in [-0.3, -0.25) is 0 Å². The lowest BCUT2D eigenvalue weighted by molar-refractivity contribution is 0.880. The molecule has 0 spiro atoms. The zero-order valence-corrected chi connectivity index (χ0v) is 16.7. The summed E-state index contributed by atoms with van der Waals surface area (Å²) in [5, 5.41) is 4.38. The Bertz CT molecular complexity index is 1140. The average molecular weight is 397 g/mol. The van der Waals surface area contributed by atoms with Crippen molar-refractivity contribution < 1.29 is 0 Å². The summed E-state index contributed by atoms with van der Waals surface area (Å²) in [6, 6.07) is 29.5. The van der Waals surface area contributed by atoms with Gasteiger partial charge in [0.2, 0.25) is 0 Å². The molecule has 3 aromatic carbocycles. The predicted octanol–water partition coefficient (Wildman–Crippen LogP) is 6.18. The van der Waals surface area contributed by atoms with Gasteiger partial charge in [-0.25, -0.2) is 9.08 Å². The Kier molecular flexibility index (Phi) is 4.88. The van der Waals surface area contributed by atoms with E-state index in [1.807, 2.05) is 23.0 Å². The first kappa shape index (κ1) is 17.8. The molecule has 1 aliphatic heterocycles. The molecule has 0 radical (unpaired) electrons. The van der Waals surface area contributed by atoms with Crippen LogP contribution >= 0.6 is 11.9 Å². The highest BCUT2D eigenvalue weighted by molar-refractivity contribution is 7.98. The van der Waals surface area contributed by atoms with Crippen LogP contribution in [0.1, 0.15) is 12.0 Å². The van der Waals surface area contributed by atoms with Gasteiger partial charge < -0.3 is 4.90 Å². The fourth-order valence-electron chi connectivity index (χ4n) is 3.55. The molecule has 0 saturated heterocycles. The lowest BCUT2D eigenvalue weighted by atomic mass is 10.1. The van der Waals surface area contributed by atoms with E-state index in [2.05, 4.69) is 87.2 Å². The minimum Gasteiger partial charge on any atom is -0.310 e. The van der Waals surface area contributed by atoms with E-state index in [1.165, 1.54) is 11.3 Å². The molecular formula is C24H20N4S. The van der Waals surface area contributed by atoms with Crippen LogP contribution in [0, 0.1) is 0 Å². The zero-order valence-electron chi connectivity index (χ0n) is 15.8. The maximum atomic E-state index is 4.60. The van der Waals surface area contributed by atoms with Crippen LogP contribution in [0.5, 0.6) is 0 Å². The first-order valence-corrected chi connectivity index (χ1v) is 10.6. The zero-order chi connectivity index (χ0) is 19.5. The van der Waals surface area contributed by atoms with Crippen molar-refractivity contribution >= 4 is 34.7 Å². The number of nitrogens with zero attached hydrogens (tertiary/aromatic N) is 4. The number of rotatable bonds is 5. The standard InChI is InChI=1S/C24H20N4S/c1-2-8-20(9-3-1)28(22-11-4-7-19(17-22)24-13-16-29-26-24)23-12-5-10-21(18-23)27-15-6-14-25-27/h1-12,14-15,17-18H,13,16H2. The van der Waals surface area contributed by atoms with Crippen molar-refractivity contribution in [2.75, 3.05) is 10.7 Å². The molecular weight excluding hydrogens is 376 g/mol. The van der Waals surface area contributed by atoms with Gasteiger partial charge in [0.1, 0.15) is 0 Å². The number of para-hydroxylation sites is 1. The van der Waals surface area contributed by atoms with Crippen LogP contribution < -0.4 is 4.90 Å². The van der Waals surface area contributed by atoms with Crippen molar-refractivity contribution in [3.63, 3.8) is 0 Å². The normalized spacial score (nSPS) is 13.3. The molecule has 0 unspecified atom stereocenters. The quantitative estimate of drug-likeness (QED) is 0.378. The summed E-state index contributed by atoms with van der Waals surface area (Å²) in [6.07, 6.45) is 4.78. The van der Waals surface area contributed by atoms with Crippen LogP contribution in [0.4, 0.5) is 17.1 Å². The Morgan fingerprint density at radius 1 is 0.793 bits per heavy atom. The highest BCUT2D eigenvalue weighted by Gasteiger charge is 2.16. The van der Waals surface area contributed by atoms with Crippen molar-refractivity contribution in [1.82, 2.24) is 9.78 Å². The number of anilines is 3. The third-order valence-corrected chi connectivity index (χ3v) is 5.65. The number of benzene rings is 3. The van der Waals surface area contributed by atoms with Crippen LogP contribution in [-0.4, -0.2) is 21.2 Å². The second kappa shape index (κ2) is 7.97. The van der Waals surface area contributed by atoms with Gasteiger partial charge in [-0.05, 0) is 66.0 Å². The van der Waals surface area contributed by atoms with Gasteiger partial charge in [-0.1, -0.05) is 36.4 Å². The Hall–Kier alpha value is -3.31. The Morgan fingerprint density at radius 3 is 2.34 bits per heavy atom. The molecule has 0 bridgehead atoms. The van der Waals surface area contributed by atoms with Gasteiger partial charge in [-0.2, -0.15) is 5.10 Å².